The van der Waals surface area contributed by atoms with Gasteiger partial charge in [0.2, 0.25) is 0 Å². The number of hydrogen-bond acceptors (Lipinski definition) is 5. The van der Waals surface area contributed by atoms with Crippen LogP contribution < -0.4 is 14.8 Å². The van der Waals surface area contributed by atoms with Gasteiger partial charge >= 0.3 is 0 Å². The van der Waals surface area contributed by atoms with Crippen LogP contribution in [0, 0.1) is 0 Å². The summed E-state index contributed by atoms with van der Waals surface area (Å²) in [5.74, 6) is 3.43. The number of aromatic nitrogens is 1. The molecule has 0 saturated heterocycles. The largest absolute Gasteiger partial charge is 0.497 e. The first kappa shape index (κ1) is 23.1. The van der Waals surface area contributed by atoms with Crippen molar-refractivity contribution >= 4 is 29.9 Å². The predicted octanol–water partition coefficient (Wildman–Crippen LogP) is 3.64. The molecule has 0 aliphatic carbocycles. The van der Waals surface area contributed by atoms with E-state index in [-0.39, 0.29) is 24.0 Å². The lowest BCUT2D eigenvalue weighted by Crippen LogP contribution is -2.38. The lowest BCUT2D eigenvalue weighted by molar-refractivity contribution is 0.367. The number of ether oxygens (including phenoxy) is 2. The molecule has 1 heterocycles. The fourth-order valence-corrected chi connectivity index (χ4v) is 2.55. The zero-order chi connectivity index (χ0) is 19.1. The third-order valence-electron chi connectivity index (χ3n) is 4.06. The molecule has 2 aromatic rings. The maximum atomic E-state index is 5.47. The Morgan fingerprint density at radius 3 is 2.56 bits per heavy atom. The number of hydrogen-bond donors (Lipinski definition) is 1. The molecule has 0 aliphatic rings. The molecule has 1 aromatic heterocycles. The van der Waals surface area contributed by atoms with Crippen LogP contribution >= 0.6 is 24.0 Å². The standard InChI is InChI=1S/C19H28N4O3.HI/c1-13(2)17-9-16(26-22-17)11-21-19(20-3)23(4)12-14-7-8-15(24-5)10-18(14)25-6;/h7-10,13H,11-12H2,1-6H3,(H,20,21);1H. The Labute approximate surface area is 178 Å². The summed E-state index contributed by atoms with van der Waals surface area (Å²) in [6.07, 6.45) is 0. The van der Waals surface area contributed by atoms with Crippen LogP contribution in [0.4, 0.5) is 0 Å². The third-order valence-corrected chi connectivity index (χ3v) is 4.06. The summed E-state index contributed by atoms with van der Waals surface area (Å²) in [6, 6.07) is 7.76. The van der Waals surface area contributed by atoms with E-state index in [9.17, 15) is 0 Å². The summed E-state index contributed by atoms with van der Waals surface area (Å²) in [7, 11) is 7.02. The van der Waals surface area contributed by atoms with E-state index in [1.165, 1.54) is 0 Å². The Morgan fingerprint density at radius 1 is 1.26 bits per heavy atom. The molecule has 7 nitrogen and oxygen atoms in total. The van der Waals surface area contributed by atoms with Crippen molar-refractivity contribution in [2.75, 3.05) is 28.3 Å². The average Bonchev–Trinajstić information content (AvgIpc) is 3.12. The van der Waals surface area contributed by atoms with Gasteiger partial charge in [-0.3, -0.25) is 4.99 Å². The molecule has 1 N–H and O–H groups in total. The second kappa shape index (κ2) is 11.0. The molecule has 0 unspecified atom stereocenters. The fourth-order valence-electron chi connectivity index (χ4n) is 2.55. The van der Waals surface area contributed by atoms with Gasteiger partial charge in [0.05, 0.1) is 26.5 Å². The van der Waals surface area contributed by atoms with Gasteiger partial charge in [0.15, 0.2) is 11.7 Å². The molecule has 150 valence electrons. The van der Waals surface area contributed by atoms with E-state index in [1.54, 1.807) is 21.3 Å². The van der Waals surface area contributed by atoms with Gasteiger partial charge in [-0.25, -0.2) is 0 Å². The minimum Gasteiger partial charge on any atom is -0.497 e. The molecule has 0 fully saturated rings. The molecular weight excluding hydrogens is 459 g/mol. The zero-order valence-corrected chi connectivity index (χ0v) is 19.1. The number of methoxy groups -OCH3 is 2. The summed E-state index contributed by atoms with van der Waals surface area (Å²) in [6.45, 7) is 5.34. The summed E-state index contributed by atoms with van der Waals surface area (Å²) in [4.78, 5) is 6.35. The van der Waals surface area contributed by atoms with E-state index in [0.717, 1.165) is 34.5 Å². The number of nitrogens with zero attached hydrogens (tertiary/aromatic N) is 3. The van der Waals surface area contributed by atoms with Crippen molar-refractivity contribution in [1.29, 1.82) is 0 Å². The Morgan fingerprint density at radius 2 is 2.00 bits per heavy atom. The normalized spacial score (nSPS) is 11.1. The number of rotatable bonds is 7. The molecule has 0 aliphatic heterocycles. The van der Waals surface area contributed by atoms with Crippen LogP contribution in [0.1, 0.15) is 36.8 Å². The van der Waals surface area contributed by atoms with Crippen molar-refractivity contribution < 1.29 is 14.0 Å². The lowest BCUT2D eigenvalue weighted by Gasteiger charge is -2.23. The van der Waals surface area contributed by atoms with Crippen LogP contribution in [-0.2, 0) is 13.1 Å². The van der Waals surface area contributed by atoms with Crippen molar-refractivity contribution in [3.8, 4) is 11.5 Å². The van der Waals surface area contributed by atoms with Gasteiger partial charge in [-0.1, -0.05) is 19.0 Å². The van der Waals surface area contributed by atoms with Crippen molar-refractivity contribution in [3.63, 3.8) is 0 Å². The van der Waals surface area contributed by atoms with Gasteiger partial charge in [0.1, 0.15) is 11.5 Å². The van der Waals surface area contributed by atoms with E-state index in [0.29, 0.717) is 19.0 Å². The molecule has 2 rings (SSSR count). The quantitative estimate of drug-likeness (QED) is 0.365. The summed E-state index contributed by atoms with van der Waals surface area (Å²) >= 11 is 0. The second-order valence-electron chi connectivity index (χ2n) is 6.31. The second-order valence-corrected chi connectivity index (χ2v) is 6.31. The van der Waals surface area contributed by atoms with E-state index >= 15 is 0 Å². The van der Waals surface area contributed by atoms with Crippen molar-refractivity contribution in [3.05, 3.63) is 41.3 Å². The number of nitrogens with one attached hydrogen (secondary N) is 1. The van der Waals surface area contributed by atoms with Crippen molar-refractivity contribution in [2.45, 2.75) is 32.9 Å². The molecule has 8 heteroatoms. The first-order valence-electron chi connectivity index (χ1n) is 8.56. The monoisotopic (exact) mass is 488 g/mol. The van der Waals surface area contributed by atoms with E-state index < -0.39 is 0 Å². The fraction of sp³-hybridized carbons (Fsp3) is 0.474. The molecule has 1 aromatic carbocycles. The molecule has 0 amide bonds. The highest BCUT2D eigenvalue weighted by molar-refractivity contribution is 14.0. The first-order valence-corrected chi connectivity index (χ1v) is 8.56. The lowest BCUT2D eigenvalue weighted by atomic mass is 10.1. The molecular formula is C19H29IN4O3. The molecule has 0 saturated carbocycles. The maximum Gasteiger partial charge on any atom is 0.194 e. The highest BCUT2D eigenvalue weighted by Crippen LogP contribution is 2.25. The maximum absolute atomic E-state index is 5.47. The Balaban J connectivity index is 0.00000364. The van der Waals surface area contributed by atoms with E-state index in [4.69, 9.17) is 14.0 Å². The average molecular weight is 488 g/mol. The van der Waals surface area contributed by atoms with E-state index in [1.807, 2.05) is 36.2 Å². The molecule has 0 atom stereocenters. The zero-order valence-electron chi connectivity index (χ0n) is 16.8. The molecule has 0 spiro atoms. The van der Waals surface area contributed by atoms with E-state index in [2.05, 4.69) is 29.3 Å². The summed E-state index contributed by atoms with van der Waals surface area (Å²) in [5, 5.41) is 7.37. The minimum absolute atomic E-state index is 0. The van der Waals surface area contributed by atoms with Crippen molar-refractivity contribution in [2.24, 2.45) is 4.99 Å². The van der Waals surface area contributed by atoms with Crippen LogP contribution in [0.3, 0.4) is 0 Å². The van der Waals surface area contributed by atoms with Gasteiger partial charge in [-0.15, -0.1) is 24.0 Å². The third kappa shape index (κ3) is 6.30. The molecule has 27 heavy (non-hydrogen) atoms. The SMILES string of the molecule is CN=C(NCc1cc(C(C)C)no1)N(C)Cc1ccc(OC)cc1OC.I. The van der Waals surface area contributed by atoms with Crippen LogP contribution in [0.25, 0.3) is 0 Å². The Bertz CT molecular complexity index is 746. The van der Waals surface area contributed by atoms with Crippen LogP contribution in [0.15, 0.2) is 33.8 Å². The Hall–Kier alpha value is -1.97. The van der Waals surface area contributed by atoms with Crippen LogP contribution in [-0.4, -0.2) is 44.3 Å². The number of aliphatic imine (C=N–C) groups is 1. The Kier molecular flexibility index (Phi) is 9.40. The smallest absolute Gasteiger partial charge is 0.194 e. The number of halogens is 1. The molecule has 0 bridgehead atoms. The number of benzene rings is 1. The van der Waals surface area contributed by atoms with Crippen molar-refractivity contribution in [1.82, 2.24) is 15.4 Å². The highest BCUT2D eigenvalue weighted by Gasteiger charge is 2.13. The summed E-state index contributed by atoms with van der Waals surface area (Å²) < 4.78 is 16.1. The highest BCUT2D eigenvalue weighted by atomic mass is 127. The van der Waals surface area contributed by atoms with Gasteiger partial charge in [0, 0.05) is 38.3 Å². The van der Waals surface area contributed by atoms with Gasteiger partial charge in [-0.2, -0.15) is 0 Å². The van der Waals surface area contributed by atoms with Gasteiger partial charge in [0.25, 0.3) is 0 Å². The first-order chi connectivity index (χ1) is 12.5. The van der Waals surface area contributed by atoms with Crippen LogP contribution in [0.2, 0.25) is 0 Å². The van der Waals surface area contributed by atoms with Gasteiger partial charge in [-0.05, 0) is 18.1 Å². The minimum atomic E-state index is 0. The van der Waals surface area contributed by atoms with Gasteiger partial charge < -0.3 is 24.2 Å². The topological polar surface area (TPSA) is 72.1 Å². The predicted molar refractivity (Wildman–Crippen MR) is 117 cm³/mol. The molecule has 0 radical (unpaired) electrons. The number of guanidine groups is 1. The summed E-state index contributed by atoms with van der Waals surface area (Å²) in [5.41, 5.74) is 1.99. The van der Waals surface area contributed by atoms with Crippen LogP contribution in [0.5, 0.6) is 11.5 Å².